The van der Waals surface area contributed by atoms with E-state index in [0.717, 1.165) is 17.8 Å². The van der Waals surface area contributed by atoms with Crippen molar-refractivity contribution in [2.24, 2.45) is 5.92 Å². The molecule has 0 spiro atoms. The van der Waals surface area contributed by atoms with Crippen molar-refractivity contribution >= 4 is 17.3 Å². The van der Waals surface area contributed by atoms with Crippen molar-refractivity contribution in [3.63, 3.8) is 0 Å². The number of nitriles is 1. The van der Waals surface area contributed by atoms with Gasteiger partial charge in [0, 0.05) is 30.9 Å². The number of carbonyl (C=O) groups is 1. The number of rotatable bonds is 7. The maximum atomic E-state index is 12.2. The molecule has 0 aliphatic rings. The molecule has 0 aromatic heterocycles. The van der Waals surface area contributed by atoms with Crippen LogP contribution in [0, 0.1) is 24.2 Å². The quantitative estimate of drug-likeness (QED) is 0.755. The van der Waals surface area contributed by atoms with Gasteiger partial charge in [-0.25, -0.2) is 0 Å². The first kappa shape index (κ1) is 17.0. The van der Waals surface area contributed by atoms with Crippen molar-refractivity contribution in [1.82, 2.24) is 4.90 Å². The van der Waals surface area contributed by atoms with E-state index in [9.17, 15) is 4.79 Å². The van der Waals surface area contributed by atoms with Crippen molar-refractivity contribution in [3.05, 3.63) is 23.8 Å². The van der Waals surface area contributed by atoms with Crippen LogP contribution in [0.5, 0.6) is 0 Å². The smallest absolute Gasteiger partial charge is 0.238 e. The monoisotopic (exact) mass is 288 g/mol. The number of amides is 1. The molecular weight excluding hydrogens is 264 g/mol. The van der Waals surface area contributed by atoms with Crippen molar-refractivity contribution in [1.29, 1.82) is 5.26 Å². The van der Waals surface area contributed by atoms with Gasteiger partial charge >= 0.3 is 0 Å². The molecule has 0 atom stereocenters. The summed E-state index contributed by atoms with van der Waals surface area (Å²) >= 11 is 0. The van der Waals surface area contributed by atoms with E-state index >= 15 is 0 Å². The number of hydrogen-bond acceptors (Lipinski definition) is 4. The first-order valence-electron chi connectivity index (χ1n) is 7.17. The summed E-state index contributed by atoms with van der Waals surface area (Å²) in [4.78, 5) is 14.2. The van der Waals surface area contributed by atoms with Gasteiger partial charge in [-0.1, -0.05) is 19.9 Å². The number of aryl methyl sites for hydroxylation is 1. The Labute approximate surface area is 126 Å². The number of hydrogen-bond donors (Lipinski definition) is 2. The molecule has 21 heavy (non-hydrogen) atoms. The molecule has 114 valence electrons. The Kier molecular flexibility index (Phi) is 6.70. The third-order valence-electron chi connectivity index (χ3n) is 3.07. The fourth-order valence-corrected chi connectivity index (χ4v) is 2.13. The molecule has 0 saturated carbocycles. The van der Waals surface area contributed by atoms with Crippen LogP contribution in [0.1, 0.15) is 25.8 Å². The lowest BCUT2D eigenvalue weighted by Crippen LogP contribution is -2.36. The molecule has 0 radical (unpaired) electrons. The SMILES string of the molecule is Cc1ccc(N)cc1NC(=O)CN(CCC#N)CC(C)C. The number of nitrogens with one attached hydrogen (secondary N) is 1. The second-order valence-corrected chi connectivity index (χ2v) is 5.66. The van der Waals surface area contributed by atoms with Gasteiger partial charge in [0.25, 0.3) is 0 Å². The van der Waals surface area contributed by atoms with Gasteiger partial charge in [0.1, 0.15) is 0 Å². The van der Waals surface area contributed by atoms with Crippen LogP contribution in [0.15, 0.2) is 18.2 Å². The van der Waals surface area contributed by atoms with Crippen LogP contribution < -0.4 is 11.1 Å². The average molecular weight is 288 g/mol. The van der Waals surface area contributed by atoms with E-state index in [0.29, 0.717) is 24.6 Å². The minimum atomic E-state index is -0.0812. The number of nitrogens with two attached hydrogens (primary N) is 1. The van der Waals surface area contributed by atoms with Crippen LogP contribution in [0.4, 0.5) is 11.4 Å². The van der Waals surface area contributed by atoms with Gasteiger partial charge in [0.05, 0.1) is 12.6 Å². The normalized spacial score (nSPS) is 10.7. The van der Waals surface area contributed by atoms with E-state index in [-0.39, 0.29) is 12.5 Å². The zero-order valence-electron chi connectivity index (χ0n) is 13.0. The van der Waals surface area contributed by atoms with Gasteiger partial charge in [-0.05, 0) is 30.5 Å². The molecule has 0 heterocycles. The number of nitrogen functional groups attached to an aromatic ring is 1. The highest BCUT2D eigenvalue weighted by atomic mass is 16.2. The second kappa shape index (κ2) is 8.28. The van der Waals surface area contributed by atoms with E-state index in [4.69, 9.17) is 11.0 Å². The van der Waals surface area contributed by atoms with Crippen LogP contribution in [0.2, 0.25) is 0 Å². The maximum Gasteiger partial charge on any atom is 0.238 e. The first-order chi connectivity index (χ1) is 9.92. The molecule has 1 aromatic rings. The van der Waals surface area contributed by atoms with Crippen LogP contribution in [-0.4, -0.2) is 30.4 Å². The third-order valence-corrected chi connectivity index (χ3v) is 3.07. The van der Waals surface area contributed by atoms with Crippen molar-refractivity contribution < 1.29 is 4.79 Å². The lowest BCUT2D eigenvalue weighted by atomic mass is 10.1. The predicted octanol–water partition coefficient (Wildman–Crippen LogP) is 2.39. The Bertz CT molecular complexity index is 519. The number of nitrogens with zero attached hydrogens (tertiary/aromatic N) is 2. The maximum absolute atomic E-state index is 12.2. The molecule has 5 heteroatoms. The first-order valence-corrected chi connectivity index (χ1v) is 7.17. The third kappa shape index (κ3) is 6.28. The molecule has 0 unspecified atom stereocenters. The lowest BCUT2D eigenvalue weighted by molar-refractivity contribution is -0.117. The van der Waals surface area contributed by atoms with Crippen LogP contribution >= 0.6 is 0 Å². The Balaban J connectivity index is 2.64. The molecule has 0 fully saturated rings. The van der Waals surface area contributed by atoms with E-state index in [1.165, 1.54) is 0 Å². The molecular formula is C16H24N4O. The van der Waals surface area contributed by atoms with Gasteiger partial charge in [0.2, 0.25) is 5.91 Å². The summed E-state index contributed by atoms with van der Waals surface area (Å²) < 4.78 is 0. The van der Waals surface area contributed by atoms with E-state index in [1.807, 2.05) is 24.0 Å². The summed E-state index contributed by atoms with van der Waals surface area (Å²) in [6.07, 6.45) is 0.428. The molecule has 1 aromatic carbocycles. The van der Waals surface area contributed by atoms with Crippen LogP contribution in [0.25, 0.3) is 0 Å². The molecule has 0 aliphatic carbocycles. The highest BCUT2D eigenvalue weighted by Gasteiger charge is 2.13. The van der Waals surface area contributed by atoms with Crippen LogP contribution in [-0.2, 0) is 4.79 Å². The second-order valence-electron chi connectivity index (χ2n) is 5.66. The fraction of sp³-hybridized carbons (Fsp3) is 0.500. The molecule has 0 saturated heterocycles. The molecule has 1 amide bonds. The van der Waals surface area contributed by atoms with E-state index in [1.54, 1.807) is 6.07 Å². The Hall–Kier alpha value is -2.06. The Morgan fingerprint density at radius 3 is 2.81 bits per heavy atom. The zero-order valence-corrected chi connectivity index (χ0v) is 13.0. The van der Waals surface area contributed by atoms with Crippen LogP contribution in [0.3, 0.4) is 0 Å². The Morgan fingerprint density at radius 1 is 1.48 bits per heavy atom. The van der Waals surface area contributed by atoms with Gasteiger partial charge < -0.3 is 11.1 Å². The molecule has 0 aliphatic heterocycles. The van der Waals surface area contributed by atoms with Crippen molar-refractivity contribution in [3.8, 4) is 6.07 Å². The number of carbonyl (C=O) groups excluding carboxylic acids is 1. The minimum absolute atomic E-state index is 0.0812. The van der Waals surface area contributed by atoms with Crippen molar-refractivity contribution in [2.45, 2.75) is 27.2 Å². The zero-order chi connectivity index (χ0) is 15.8. The summed E-state index contributed by atoms with van der Waals surface area (Å²) in [6.45, 7) is 7.81. The topological polar surface area (TPSA) is 82.2 Å². The number of anilines is 2. The molecule has 0 bridgehead atoms. The van der Waals surface area contributed by atoms with Gasteiger partial charge in [-0.3, -0.25) is 9.69 Å². The molecule has 1 rings (SSSR count). The highest BCUT2D eigenvalue weighted by Crippen LogP contribution is 2.18. The van der Waals surface area contributed by atoms with Crippen molar-refractivity contribution in [2.75, 3.05) is 30.7 Å². The lowest BCUT2D eigenvalue weighted by Gasteiger charge is -2.22. The molecule has 3 N–H and O–H groups in total. The number of benzene rings is 1. The van der Waals surface area contributed by atoms with E-state index < -0.39 is 0 Å². The fourth-order valence-electron chi connectivity index (χ4n) is 2.13. The van der Waals surface area contributed by atoms with E-state index in [2.05, 4.69) is 25.2 Å². The predicted molar refractivity (Wildman–Crippen MR) is 85.7 cm³/mol. The summed E-state index contributed by atoms with van der Waals surface area (Å²) in [7, 11) is 0. The van der Waals surface area contributed by atoms with Gasteiger partial charge in [0.15, 0.2) is 0 Å². The minimum Gasteiger partial charge on any atom is -0.399 e. The summed E-state index contributed by atoms with van der Waals surface area (Å²) in [5, 5.41) is 11.6. The van der Waals surface area contributed by atoms with Gasteiger partial charge in [-0.2, -0.15) is 5.26 Å². The molecule has 5 nitrogen and oxygen atoms in total. The highest BCUT2D eigenvalue weighted by molar-refractivity contribution is 5.93. The summed E-state index contributed by atoms with van der Waals surface area (Å²) in [5.74, 6) is 0.368. The Morgan fingerprint density at radius 2 is 2.19 bits per heavy atom. The largest absolute Gasteiger partial charge is 0.399 e. The average Bonchev–Trinajstić information content (AvgIpc) is 2.39. The van der Waals surface area contributed by atoms with Gasteiger partial charge in [-0.15, -0.1) is 0 Å². The summed E-state index contributed by atoms with van der Waals surface area (Å²) in [5.41, 5.74) is 8.08. The summed E-state index contributed by atoms with van der Waals surface area (Å²) in [6, 6.07) is 7.57. The standard InChI is InChI=1S/C16H24N4O/c1-12(2)10-20(8-4-7-17)11-16(21)19-15-9-14(18)6-5-13(15)3/h5-6,9,12H,4,8,10-11,18H2,1-3H3,(H,19,21).